The molecule has 1 unspecified atom stereocenters. The summed E-state index contributed by atoms with van der Waals surface area (Å²) in [5, 5.41) is 7.81. The normalized spacial score (nSPS) is 16.7. The van der Waals surface area contributed by atoms with Crippen molar-refractivity contribution in [3.63, 3.8) is 0 Å². The number of carbonyl (C=O) groups excluding carboxylic acids is 3. The molecule has 2 N–H and O–H groups in total. The van der Waals surface area contributed by atoms with Crippen molar-refractivity contribution in [3.05, 3.63) is 34.7 Å². The first kappa shape index (κ1) is 21.4. The molecule has 0 saturated carbocycles. The number of hydrogen-bond acceptors (Lipinski definition) is 7. The van der Waals surface area contributed by atoms with Gasteiger partial charge in [0.15, 0.2) is 5.13 Å². The van der Waals surface area contributed by atoms with Gasteiger partial charge in [-0.1, -0.05) is 0 Å². The number of rotatable bonds is 5. The Morgan fingerprint density at radius 2 is 2.10 bits per heavy atom. The molecule has 0 aliphatic carbocycles. The van der Waals surface area contributed by atoms with Gasteiger partial charge in [-0.15, -0.1) is 23.1 Å². The number of nitrogens with zero attached hydrogens (tertiary/aromatic N) is 2. The number of furan rings is 1. The largest absolute Gasteiger partial charge is 0.469 e. The molecule has 2 aromatic heterocycles. The Kier molecular flexibility index (Phi) is 6.33. The predicted molar refractivity (Wildman–Crippen MR) is 113 cm³/mol. The molecule has 1 aliphatic rings. The Bertz CT molecular complexity index is 915. The van der Waals surface area contributed by atoms with Gasteiger partial charge in [0, 0.05) is 16.7 Å². The molecule has 3 heterocycles. The van der Waals surface area contributed by atoms with Crippen LogP contribution in [-0.2, 0) is 16.0 Å². The molecule has 0 radical (unpaired) electrons. The van der Waals surface area contributed by atoms with Crippen LogP contribution in [0, 0.1) is 6.92 Å². The molecule has 1 fully saturated rings. The van der Waals surface area contributed by atoms with E-state index in [0.29, 0.717) is 33.8 Å². The maximum absolute atomic E-state index is 12.8. The van der Waals surface area contributed by atoms with E-state index in [2.05, 4.69) is 15.6 Å². The van der Waals surface area contributed by atoms with Crippen molar-refractivity contribution in [3.8, 4) is 0 Å². The number of thioether (sulfide) groups is 1. The molecule has 3 rings (SSSR count). The van der Waals surface area contributed by atoms with E-state index < -0.39 is 6.04 Å². The third-order valence-corrected chi connectivity index (χ3v) is 6.03. The number of aryl methyl sites for hydroxylation is 1. The molecule has 1 aliphatic heterocycles. The van der Waals surface area contributed by atoms with Crippen molar-refractivity contribution in [1.29, 1.82) is 0 Å². The van der Waals surface area contributed by atoms with Gasteiger partial charge in [-0.25, -0.2) is 4.98 Å². The van der Waals surface area contributed by atoms with E-state index in [0.717, 1.165) is 0 Å². The lowest BCUT2D eigenvalue weighted by molar-refractivity contribution is -0.138. The van der Waals surface area contributed by atoms with E-state index in [9.17, 15) is 14.4 Å². The van der Waals surface area contributed by atoms with Gasteiger partial charge in [-0.05, 0) is 33.8 Å². The van der Waals surface area contributed by atoms with E-state index in [1.165, 1.54) is 17.6 Å². The Hall–Kier alpha value is -2.33. The van der Waals surface area contributed by atoms with E-state index in [4.69, 9.17) is 4.42 Å². The topological polar surface area (TPSA) is 105 Å². The number of thiazole rings is 1. The van der Waals surface area contributed by atoms with E-state index in [-0.39, 0.29) is 29.7 Å². The lowest BCUT2D eigenvalue weighted by Gasteiger charge is -2.27. The van der Waals surface area contributed by atoms with Crippen molar-refractivity contribution in [2.75, 3.05) is 16.9 Å². The van der Waals surface area contributed by atoms with Gasteiger partial charge in [0.25, 0.3) is 5.91 Å². The van der Waals surface area contributed by atoms with Crippen molar-refractivity contribution >= 4 is 46.0 Å². The molecule has 1 saturated heterocycles. The molecule has 1 atom stereocenters. The van der Waals surface area contributed by atoms with Gasteiger partial charge in [0.2, 0.25) is 11.8 Å². The molecule has 0 spiro atoms. The van der Waals surface area contributed by atoms with Crippen LogP contribution in [0.4, 0.5) is 5.13 Å². The highest BCUT2D eigenvalue weighted by Gasteiger charge is 2.36. The van der Waals surface area contributed by atoms with Crippen LogP contribution in [0.25, 0.3) is 0 Å². The molecule has 0 aromatic carbocycles. The summed E-state index contributed by atoms with van der Waals surface area (Å²) in [6.07, 6.45) is 1.54. The third-order valence-electron chi connectivity index (χ3n) is 4.21. The number of nitrogens with one attached hydrogen (secondary N) is 2. The summed E-state index contributed by atoms with van der Waals surface area (Å²) in [6.45, 7) is 7.45. The molecule has 156 valence electrons. The van der Waals surface area contributed by atoms with Crippen molar-refractivity contribution in [2.45, 2.75) is 45.7 Å². The lowest BCUT2D eigenvalue weighted by atomic mass is 10.1. The maximum Gasteiger partial charge on any atom is 0.260 e. The number of anilines is 1. The van der Waals surface area contributed by atoms with E-state index in [1.807, 2.05) is 20.8 Å². The SMILES string of the molecule is Cc1occc1C(=O)Nc1nc(CC(=O)N2CSCC2C(=O)NC(C)(C)C)cs1. The van der Waals surface area contributed by atoms with Gasteiger partial charge < -0.3 is 14.6 Å². The highest BCUT2D eigenvalue weighted by Crippen LogP contribution is 2.24. The Balaban J connectivity index is 1.60. The second-order valence-electron chi connectivity index (χ2n) is 7.78. The third kappa shape index (κ3) is 5.39. The molecular weight excluding hydrogens is 412 g/mol. The quantitative estimate of drug-likeness (QED) is 0.747. The first-order valence-electron chi connectivity index (χ1n) is 9.13. The Morgan fingerprint density at radius 1 is 1.34 bits per heavy atom. The van der Waals surface area contributed by atoms with E-state index >= 15 is 0 Å². The minimum atomic E-state index is -0.478. The first-order chi connectivity index (χ1) is 13.6. The van der Waals surface area contributed by atoms with Gasteiger partial charge in [-0.3, -0.25) is 19.7 Å². The number of amides is 3. The fraction of sp³-hybridized carbons (Fsp3) is 0.474. The molecule has 8 nitrogen and oxygen atoms in total. The van der Waals surface area contributed by atoms with Gasteiger partial charge >= 0.3 is 0 Å². The summed E-state index contributed by atoms with van der Waals surface area (Å²) in [7, 11) is 0. The fourth-order valence-corrected chi connectivity index (χ4v) is 4.73. The molecule has 29 heavy (non-hydrogen) atoms. The van der Waals surface area contributed by atoms with Crippen LogP contribution >= 0.6 is 23.1 Å². The van der Waals surface area contributed by atoms with Crippen LogP contribution in [0.1, 0.15) is 42.6 Å². The van der Waals surface area contributed by atoms with E-state index in [1.54, 1.807) is 35.0 Å². The zero-order valence-electron chi connectivity index (χ0n) is 16.8. The zero-order valence-corrected chi connectivity index (χ0v) is 18.4. The Morgan fingerprint density at radius 3 is 2.76 bits per heavy atom. The summed E-state index contributed by atoms with van der Waals surface area (Å²) < 4.78 is 5.13. The second kappa shape index (κ2) is 8.58. The molecule has 2 aromatic rings. The van der Waals surface area contributed by atoms with Crippen LogP contribution in [-0.4, -0.2) is 50.8 Å². The monoisotopic (exact) mass is 436 g/mol. The summed E-state index contributed by atoms with van der Waals surface area (Å²) in [6, 6.07) is 1.12. The van der Waals surface area contributed by atoms with Crippen molar-refractivity contribution < 1.29 is 18.8 Å². The predicted octanol–water partition coefficient (Wildman–Crippen LogP) is 2.66. The highest BCUT2D eigenvalue weighted by molar-refractivity contribution is 7.99. The molecule has 10 heteroatoms. The van der Waals surface area contributed by atoms with Crippen LogP contribution < -0.4 is 10.6 Å². The van der Waals surface area contributed by atoms with Gasteiger partial charge in [-0.2, -0.15) is 0 Å². The number of aromatic nitrogens is 1. The van der Waals surface area contributed by atoms with Crippen LogP contribution in [0.2, 0.25) is 0 Å². The van der Waals surface area contributed by atoms with Crippen molar-refractivity contribution in [1.82, 2.24) is 15.2 Å². The zero-order chi connectivity index (χ0) is 21.2. The summed E-state index contributed by atoms with van der Waals surface area (Å²) in [4.78, 5) is 43.4. The van der Waals surface area contributed by atoms with Crippen LogP contribution in [0.3, 0.4) is 0 Å². The standard InChI is InChI=1S/C19H24N4O4S2/c1-11-13(5-6-27-11)16(25)21-18-20-12(8-29-18)7-15(24)23-10-28-9-14(23)17(26)22-19(2,3)4/h5-6,8,14H,7,9-10H2,1-4H3,(H,22,26)(H,20,21,25). The maximum atomic E-state index is 12.8. The Labute approximate surface area is 177 Å². The average Bonchev–Trinajstić information content (AvgIpc) is 3.33. The van der Waals surface area contributed by atoms with Gasteiger partial charge in [0.05, 0.1) is 29.8 Å². The summed E-state index contributed by atoms with van der Waals surface area (Å²) >= 11 is 2.81. The molecular formula is C19H24N4O4S2. The first-order valence-corrected chi connectivity index (χ1v) is 11.2. The number of hydrogen-bond donors (Lipinski definition) is 2. The summed E-state index contributed by atoms with van der Waals surface area (Å²) in [5.74, 6) is 0.986. The van der Waals surface area contributed by atoms with Crippen LogP contribution in [0.5, 0.6) is 0 Å². The highest BCUT2D eigenvalue weighted by atomic mass is 32.2. The van der Waals surface area contributed by atoms with Crippen molar-refractivity contribution in [2.24, 2.45) is 0 Å². The second-order valence-corrected chi connectivity index (χ2v) is 9.64. The average molecular weight is 437 g/mol. The lowest BCUT2D eigenvalue weighted by Crippen LogP contribution is -2.52. The molecule has 3 amide bonds. The van der Waals surface area contributed by atoms with Crippen LogP contribution in [0.15, 0.2) is 22.1 Å². The summed E-state index contributed by atoms with van der Waals surface area (Å²) in [5.41, 5.74) is 0.653. The molecule has 0 bridgehead atoms. The minimum absolute atomic E-state index is 0.0803. The fourth-order valence-electron chi connectivity index (χ4n) is 2.85. The van der Waals surface area contributed by atoms with Gasteiger partial charge in [0.1, 0.15) is 11.8 Å². The number of carbonyl (C=O) groups is 3. The smallest absolute Gasteiger partial charge is 0.260 e. The minimum Gasteiger partial charge on any atom is -0.469 e.